The van der Waals surface area contributed by atoms with Crippen molar-refractivity contribution in [2.45, 2.75) is 24.9 Å². The second-order valence-corrected chi connectivity index (χ2v) is 7.64. The number of hydrogen-bond acceptors (Lipinski definition) is 5. The number of aromatic nitrogens is 2. The number of nitrogens with one attached hydrogen (secondary N) is 1. The van der Waals surface area contributed by atoms with Crippen LogP contribution in [0.2, 0.25) is 0 Å². The van der Waals surface area contributed by atoms with Crippen molar-refractivity contribution in [3.8, 4) is 17.1 Å². The Hall–Kier alpha value is -3.48. The molecule has 1 saturated heterocycles. The number of halogens is 7. The molecule has 3 N–H and O–H groups in total. The molecule has 0 saturated carbocycles. The van der Waals surface area contributed by atoms with E-state index in [4.69, 9.17) is 20.4 Å². The molecule has 0 aliphatic carbocycles. The molecule has 1 aliphatic rings. The van der Waals surface area contributed by atoms with E-state index in [-0.39, 0.29) is 53.7 Å². The number of ether oxygens (including phenoxy) is 1. The Bertz CT molecular complexity index is 1190. The van der Waals surface area contributed by atoms with Gasteiger partial charge in [0.15, 0.2) is 5.96 Å². The van der Waals surface area contributed by atoms with Gasteiger partial charge < -0.3 is 19.9 Å². The van der Waals surface area contributed by atoms with Gasteiger partial charge in [0.05, 0.1) is 17.0 Å². The number of rotatable bonds is 5. The van der Waals surface area contributed by atoms with Gasteiger partial charge in [-0.1, -0.05) is 17.3 Å². The molecule has 0 radical (unpaired) electrons. The van der Waals surface area contributed by atoms with E-state index in [1.54, 1.807) is 4.90 Å². The van der Waals surface area contributed by atoms with Gasteiger partial charge in [-0.05, 0) is 35.9 Å². The normalized spacial score (nSPS) is 14.3. The molecule has 3 aromatic rings. The first-order valence-corrected chi connectivity index (χ1v) is 9.85. The summed E-state index contributed by atoms with van der Waals surface area (Å²) in [6.07, 6.45) is -9.28. The number of hydrogen-bond donors (Lipinski definition) is 2. The zero-order chi connectivity index (χ0) is 24.7. The first-order chi connectivity index (χ1) is 15.9. The van der Waals surface area contributed by atoms with Gasteiger partial charge in [0.25, 0.3) is 0 Å². The highest BCUT2D eigenvalue weighted by Crippen LogP contribution is 2.39. The number of nitrogens with zero attached hydrogens (tertiary/aromatic N) is 3. The Kier molecular flexibility index (Phi) is 7.20. The first kappa shape index (κ1) is 26.1. The highest BCUT2D eigenvalue weighted by molar-refractivity contribution is 5.85. The molecule has 2 aromatic carbocycles. The fourth-order valence-corrected chi connectivity index (χ4v) is 3.32. The standard InChI is InChI=1S/C21H17F6N5O2.ClH/c22-20(23,24)14-4-1-11(2-5-14)10-33-16-6-3-12(7-15(16)21(25,26)27)17-30-18(34-31-17)13-8-32(9-13)19(28)29;/h1-7,13H,8-10H2,(H3,28,29);1H. The molecule has 1 aliphatic heterocycles. The molecule has 35 heavy (non-hydrogen) atoms. The minimum atomic E-state index is -4.77. The molecule has 0 unspecified atom stereocenters. The van der Waals surface area contributed by atoms with Gasteiger partial charge in [-0.15, -0.1) is 12.4 Å². The van der Waals surface area contributed by atoms with Crippen molar-refractivity contribution in [3.63, 3.8) is 0 Å². The van der Waals surface area contributed by atoms with Crippen molar-refractivity contribution in [3.05, 3.63) is 65.0 Å². The maximum absolute atomic E-state index is 13.7. The second-order valence-electron chi connectivity index (χ2n) is 7.64. The lowest BCUT2D eigenvalue weighted by Crippen LogP contribution is -2.51. The van der Waals surface area contributed by atoms with Crippen molar-refractivity contribution < 1.29 is 35.6 Å². The van der Waals surface area contributed by atoms with Crippen LogP contribution in [0.1, 0.15) is 28.5 Å². The molecule has 0 amide bonds. The number of nitrogens with two attached hydrogens (primary N) is 1. The van der Waals surface area contributed by atoms with Crippen LogP contribution in [0.3, 0.4) is 0 Å². The van der Waals surface area contributed by atoms with Gasteiger partial charge in [0.2, 0.25) is 11.7 Å². The predicted octanol–water partition coefficient (Wildman–Crippen LogP) is 5.07. The minimum Gasteiger partial charge on any atom is -0.488 e. The Labute approximate surface area is 200 Å². The number of benzene rings is 2. The maximum Gasteiger partial charge on any atom is 0.419 e. The quantitative estimate of drug-likeness (QED) is 0.276. The average Bonchev–Trinajstić information content (AvgIpc) is 3.19. The maximum atomic E-state index is 13.7. The lowest BCUT2D eigenvalue weighted by molar-refractivity contribution is -0.139. The summed E-state index contributed by atoms with van der Waals surface area (Å²) < 4.78 is 89.4. The minimum absolute atomic E-state index is 0. The molecule has 0 spiro atoms. The average molecular weight is 522 g/mol. The van der Waals surface area contributed by atoms with E-state index in [2.05, 4.69) is 10.1 Å². The van der Waals surface area contributed by atoms with E-state index in [0.29, 0.717) is 13.1 Å². The third-order valence-electron chi connectivity index (χ3n) is 5.23. The summed E-state index contributed by atoms with van der Waals surface area (Å²) in [4.78, 5) is 5.72. The Morgan fingerprint density at radius 1 is 1.06 bits per heavy atom. The third kappa shape index (κ3) is 5.78. The summed E-state index contributed by atoms with van der Waals surface area (Å²) in [6.45, 7) is 0.421. The molecule has 14 heteroatoms. The zero-order valence-electron chi connectivity index (χ0n) is 17.7. The van der Waals surface area contributed by atoms with Crippen LogP contribution in [-0.4, -0.2) is 34.1 Å². The van der Waals surface area contributed by atoms with Crippen LogP contribution < -0.4 is 10.5 Å². The SMILES string of the molecule is Cl.N=C(N)N1CC(c2nc(-c3ccc(OCc4ccc(C(F)(F)F)cc4)c(C(F)(F)F)c3)no2)C1. The Morgan fingerprint density at radius 3 is 2.29 bits per heavy atom. The number of guanidine groups is 1. The van der Waals surface area contributed by atoms with Crippen LogP contribution >= 0.6 is 12.4 Å². The zero-order valence-corrected chi connectivity index (χ0v) is 18.5. The van der Waals surface area contributed by atoms with E-state index in [1.807, 2.05) is 0 Å². The fourth-order valence-electron chi connectivity index (χ4n) is 3.32. The Balaban J connectivity index is 0.00000342. The first-order valence-electron chi connectivity index (χ1n) is 9.85. The highest BCUT2D eigenvalue weighted by Gasteiger charge is 2.36. The van der Waals surface area contributed by atoms with Gasteiger partial charge in [-0.2, -0.15) is 31.3 Å². The van der Waals surface area contributed by atoms with Crippen LogP contribution in [0, 0.1) is 5.41 Å². The molecular formula is C21H18ClF6N5O2. The van der Waals surface area contributed by atoms with Crippen molar-refractivity contribution in [2.24, 2.45) is 5.73 Å². The van der Waals surface area contributed by atoms with E-state index < -0.39 is 29.2 Å². The van der Waals surface area contributed by atoms with Gasteiger partial charge >= 0.3 is 12.4 Å². The highest BCUT2D eigenvalue weighted by atomic mass is 35.5. The lowest BCUT2D eigenvalue weighted by atomic mass is 10.0. The van der Waals surface area contributed by atoms with E-state index in [1.165, 1.54) is 6.07 Å². The molecule has 7 nitrogen and oxygen atoms in total. The molecule has 4 rings (SSSR count). The van der Waals surface area contributed by atoms with Crippen LogP contribution in [0.25, 0.3) is 11.4 Å². The summed E-state index contributed by atoms with van der Waals surface area (Å²) in [6, 6.07) is 7.18. The predicted molar refractivity (Wildman–Crippen MR) is 114 cm³/mol. The number of likely N-dealkylation sites (tertiary alicyclic amines) is 1. The molecule has 0 bridgehead atoms. The monoisotopic (exact) mass is 521 g/mol. The van der Waals surface area contributed by atoms with Crippen LogP contribution in [-0.2, 0) is 19.0 Å². The third-order valence-corrected chi connectivity index (χ3v) is 5.23. The summed E-state index contributed by atoms with van der Waals surface area (Å²) in [5.74, 6) is -0.591. The van der Waals surface area contributed by atoms with Gasteiger partial charge in [-0.3, -0.25) is 5.41 Å². The molecule has 2 heterocycles. The summed E-state index contributed by atoms with van der Waals surface area (Å²) >= 11 is 0. The molecule has 1 aromatic heterocycles. The molecule has 0 atom stereocenters. The summed E-state index contributed by atoms with van der Waals surface area (Å²) in [7, 11) is 0. The van der Waals surface area contributed by atoms with Crippen molar-refractivity contribution >= 4 is 18.4 Å². The fraction of sp³-hybridized carbons (Fsp3) is 0.286. The van der Waals surface area contributed by atoms with Crippen LogP contribution in [0.4, 0.5) is 26.3 Å². The van der Waals surface area contributed by atoms with Gasteiger partial charge in [0, 0.05) is 18.7 Å². The summed E-state index contributed by atoms with van der Waals surface area (Å²) in [5, 5.41) is 11.1. The van der Waals surface area contributed by atoms with E-state index in [0.717, 1.165) is 36.4 Å². The molecule has 1 fully saturated rings. The van der Waals surface area contributed by atoms with Crippen molar-refractivity contribution in [1.82, 2.24) is 15.0 Å². The lowest BCUT2D eigenvalue weighted by Gasteiger charge is -2.37. The van der Waals surface area contributed by atoms with Crippen LogP contribution in [0.15, 0.2) is 47.0 Å². The van der Waals surface area contributed by atoms with Crippen molar-refractivity contribution in [1.29, 1.82) is 5.41 Å². The summed E-state index contributed by atoms with van der Waals surface area (Å²) in [5.41, 5.74) is 3.73. The topological polar surface area (TPSA) is 101 Å². The van der Waals surface area contributed by atoms with Gasteiger partial charge in [0.1, 0.15) is 12.4 Å². The van der Waals surface area contributed by atoms with E-state index in [9.17, 15) is 26.3 Å². The smallest absolute Gasteiger partial charge is 0.419 e. The Morgan fingerprint density at radius 2 is 1.71 bits per heavy atom. The van der Waals surface area contributed by atoms with Crippen molar-refractivity contribution in [2.75, 3.05) is 13.1 Å². The molecule has 188 valence electrons. The second kappa shape index (κ2) is 9.64. The largest absolute Gasteiger partial charge is 0.488 e. The van der Waals surface area contributed by atoms with Gasteiger partial charge in [-0.25, -0.2) is 0 Å². The van der Waals surface area contributed by atoms with E-state index >= 15 is 0 Å². The van der Waals surface area contributed by atoms with Crippen LogP contribution in [0.5, 0.6) is 5.75 Å². The number of alkyl halides is 6. The molecular weight excluding hydrogens is 504 g/mol.